The quantitative estimate of drug-likeness (QED) is 0.127. The van der Waals surface area contributed by atoms with Gasteiger partial charge in [0.2, 0.25) is 5.91 Å². The van der Waals surface area contributed by atoms with Crippen LogP contribution < -0.4 is 20.1 Å². The van der Waals surface area contributed by atoms with E-state index in [0.29, 0.717) is 17.1 Å². The molecular weight excluding hydrogens is 584 g/mol. The van der Waals surface area contributed by atoms with Gasteiger partial charge in [0, 0.05) is 35.5 Å². The summed E-state index contributed by atoms with van der Waals surface area (Å²) in [5, 5.41) is 14.1. The molecule has 0 fully saturated rings. The highest BCUT2D eigenvalue weighted by Crippen LogP contribution is 2.24. The summed E-state index contributed by atoms with van der Waals surface area (Å²) in [7, 11) is 1.53. The molecule has 0 radical (unpaired) electrons. The van der Waals surface area contributed by atoms with E-state index in [1.54, 1.807) is 36.7 Å². The highest BCUT2D eigenvalue weighted by molar-refractivity contribution is 5.98. The predicted molar refractivity (Wildman–Crippen MR) is 176 cm³/mol. The molecule has 0 aliphatic heterocycles. The van der Waals surface area contributed by atoms with E-state index in [0.717, 1.165) is 41.0 Å². The number of rotatable bonds is 17. The zero-order valence-electron chi connectivity index (χ0n) is 26.2. The second-order valence-corrected chi connectivity index (χ2v) is 10.8. The third kappa shape index (κ3) is 10.2. The smallest absolute Gasteiger partial charge is 0.322 e. The molecule has 2 amide bonds. The van der Waals surface area contributed by atoms with E-state index in [1.807, 2.05) is 48.5 Å². The monoisotopic (exact) mass is 624 g/mol. The Morgan fingerprint density at radius 1 is 0.783 bits per heavy atom. The van der Waals surface area contributed by atoms with E-state index >= 15 is 0 Å². The number of carboxylic acids is 1. The van der Waals surface area contributed by atoms with Crippen molar-refractivity contribution < 1.29 is 29.0 Å². The average Bonchev–Trinajstić information content (AvgIpc) is 3.09. The largest absolute Gasteiger partial charge is 0.497 e. The Morgan fingerprint density at radius 3 is 2.04 bits per heavy atom. The second kappa shape index (κ2) is 17.3. The summed E-state index contributed by atoms with van der Waals surface area (Å²) in [6.07, 6.45) is 9.69. The first kappa shape index (κ1) is 33.6. The first-order valence-corrected chi connectivity index (χ1v) is 15.4. The Hall–Kier alpha value is -5.25. The third-order valence-electron chi connectivity index (χ3n) is 7.40. The maximum Gasteiger partial charge on any atom is 0.322 e. The highest BCUT2D eigenvalue weighted by atomic mass is 16.5. The van der Waals surface area contributed by atoms with Crippen LogP contribution in [0.3, 0.4) is 0 Å². The third-order valence-corrected chi connectivity index (χ3v) is 7.40. The lowest BCUT2D eigenvalue weighted by Crippen LogP contribution is -2.49. The van der Waals surface area contributed by atoms with Gasteiger partial charge >= 0.3 is 5.97 Å². The zero-order valence-corrected chi connectivity index (χ0v) is 26.2. The van der Waals surface area contributed by atoms with Crippen LogP contribution in [-0.4, -0.2) is 59.2 Å². The summed E-state index contributed by atoms with van der Waals surface area (Å²) in [6, 6.07) is 20.7. The van der Waals surface area contributed by atoms with Crippen molar-refractivity contribution in [2.75, 3.05) is 20.3 Å². The number of aromatic nitrogens is 2. The Morgan fingerprint density at radius 2 is 1.41 bits per heavy atom. The van der Waals surface area contributed by atoms with E-state index < -0.39 is 30.4 Å². The first-order chi connectivity index (χ1) is 22.4. The van der Waals surface area contributed by atoms with Crippen LogP contribution in [0.2, 0.25) is 0 Å². The number of methoxy groups -OCH3 is 1. The number of ether oxygens (including phenoxy) is 2. The second-order valence-electron chi connectivity index (χ2n) is 10.8. The van der Waals surface area contributed by atoms with Gasteiger partial charge in [0.15, 0.2) is 5.82 Å². The zero-order chi connectivity index (χ0) is 32.7. The van der Waals surface area contributed by atoms with E-state index in [4.69, 9.17) is 14.6 Å². The lowest BCUT2D eigenvalue weighted by atomic mass is 10.0. The number of benzene rings is 3. The van der Waals surface area contributed by atoms with Gasteiger partial charge in [0.1, 0.15) is 24.1 Å². The van der Waals surface area contributed by atoms with Gasteiger partial charge in [-0.3, -0.25) is 14.4 Å². The summed E-state index contributed by atoms with van der Waals surface area (Å²) in [5.74, 6) is -0.273. The van der Waals surface area contributed by atoms with Gasteiger partial charge < -0.3 is 25.2 Å². The molecule has 0 saturated carbocycles. The van der Waals surface area contributed by atoms with Crippen LogP contribution in [0, 0.1) is 0 Å². The van der Waals surface area contributed by atoms with E-state index in [-0.39, 0.29) is 6.42 Å². The van der Waals surface area contributed by atoms with Gasteiger partial charge in [-0.05, 0) is 53.9 Å². The van der Waals surface area contributed by atoms with Crippen molar-refractivity contribution in [3.63, 3.8) is 0 Å². The number of carbonyl (C=O) groups is 3. The van der Waals surface area contributed by atoms with Crippen molar-refractivity contribution in [1.82, 2.24) is 20.6 Å². The van der Waals surface area contributed by atoms with E-state index in [1.165, 1.54) is 32.8 Å². The molecular formula is C36H40N4O6. The summed E-state index contributed by atoms with van der Waals surface area (Å²) in [5.41, 5.74) is 3.75. The van der Waals surface area contributed by atoms with Crippen LogP contribution in [0.4, 0.5) is 0 Å². The number of hydrogen-bond acceptors (Lipinski definition) is 7. The van der Waals surface area contributed by atoms with E-state index in [9.17, 15) is 14.4 Å². The van der Waals surface area contributed by atoms with Crippen molar-refractivity contribution in [2.24, 2.45) is 0 Å². The fourth-order valence-electron chi connectivity index (χ4n) is 4.77. The summed E-state index contributed by atoms with van der Waals surface area (Å²) in [6.45, 7) is 2.37. The van der Waals surface area contributed by atoms with Crippen molar-refractivity contribution in [2.45, 2.75) is 51.5 Å². The number of nitrogens with zero attached hydrogens (tertiary/aromatic N) is 2. The average molecular weight is 625 g/mol. The van der Waals surface area contributed by atoms with Gasteiger partial charge in [-0.15, -0.1) is 0 Å². The summed E-state index contributed by atoms with van der Waals surface area (Å²) >= 11 is 0. The van der Waals surface area contributed by atoms with Crippen molar-refractivity contribution in [3.8, 4) is 34.0 Å². The predicted octanol–water partition coefficient (Wildman–Crippen LogP) is 5.71. The van der Waals surface area contributed by atoms with Crippen LogP contribution >= 0.6 is 0 Å². The minimum absolute atomic E-state index is 0.145. The number of carbonyl (C=O) groups excluding carboxylic acids is 2. The fourth-order valence-corrected chi connectivity index (χ4v) is 4.77. The molecule has 0 spiro atoms. The maximum absolute atomic E-state index is 12.9. The first-order valence-electron chi connectivity index (χ1n) is 15.4. The normalized spacial score (nSPS) is 11.3. The summed E-state index contributed by atoms with van der Waals surface area (Å²) < 4.78 is 11.0. The molecule has 1 unspecified atom stereocenters. The number of unbranched alkanes of at least 4 members (excludes halogenated alkanes) is 4. The van der Waals surface area contributed by atoms with Crippen LogP contribution in [0.25, 0.3) is 22.5 Å². The Kier molecular flexibility index (Phi) is 12.6. The number of amides is 2. The Balaban J connectivity index is 1.37. The number of carboxylic acid groups (broad SMARTS) is 1. The van der Waals surface area contributed by atoms with Gasteiger partial charge in [0.25, 0.3) is 5.91 Å². The minimum atomic E-state index is -1.18. The van der Waals surface area contributed by atoms with Gasteiger partial charge in [-0.1, -0.05) is 69.0 Å². The van der Waals surface area contributed by atoms with Crippen LogP contribution in [-0.2, 0) is 16.0 Å². The number of nitrogens with one attached hydrogen (secondary N) is 2. The Labute approximate surface area is 269 Å². The molecule has 1 heterocycles. The number of aliphatic carboxylic acids is 1. The summed E-state index contributed by atoms with van der Waals surface area (Å²) in [4.78, 5) is 45.8. The highest BCUT2D eigenvalue weighted by Gasteiger charge is 2.22. The molecule has 46 heavy (non-hydrogen) atoms. The molecule has 3 aromatic carbocycles. The molecule has 0 saturated heterocycles. The molecule has 0 aliphatic carbocycles. The lowest BCUT2D eigenvalue weighted by molar-refractivity contribution is -0.138. The van der Waals surface area contributed by atoms with Crippen molar-refractivity contribution in [3.05, 3.63) is 96.3 Å². The SMILES string of the molecule is CCCCCCCOc1ccc(-c2cnc(-c3ccc(CC(NC(=O)c4ccc(OC)cc4)C(=O)NCC(=O)O)cc3)nc2)cc1. The van der Waals surface area contributed by atoms with Crippen molar-refractivity contribution in [1.29, 1.82) is 0 Å². The molecule has 0 bridgehead atoms. The van der Waals surface area contributed by atoms with E-state index in [2.05, 4.69) is 27.5 Å². The molecule has 1 atom stereocenters. The fraction of sp³-hybridized carbons (Fsp3) is 0.306. The van der Waals surface area contributed by atoms with Crippen LogP contribution in [0.15, 0.2) is 85.2 Å². The minimum Gasteiger partial charge on any atom is -0.497 e. The molecule has 10 nitrogen and oxygen atoms in total. The standard InChI is InChI=1S/C36H40N4O6/c1-3-4-5-6-7-20-46-31-18-12-26(13-19-31)29-22-37-34(38-23-29)27-10-8-25(9-11-27)21-32(36(44)39-24-33(41)42)40-35(43)28-14-16-30(45-2)17-15-28/h8-19,22-23,32H,3-7,20-21,24H2,1-2H3,(H,39,44)(H,40,43)(H,41,42). The molecule has 0 aliphatic rings. The molecule has 240 valence electrons. The number of hydrogen-bond donors (Lipinski definition) is 3. The molecule has 10 heteroatoms. The van der Waals surface area contributed by atoms with Crippen LogP contribution in [0.1, 0.15) is 54.9 Å². The van der Waals surface area contributed by atoms with Gasteiger partial charge in [-0.25, -0.2) is 9.97 Å². The van der Waals surface area contributed by atoms with Gasteiger partial charge in [0.05, 0.1) is 13.7 Å². The molecule has 4 aromatic rings. The lowest BCUT2D eigenvalue weighted by Gasteiger charge is -2.18. The van der Waals surface area contributed by atoms with Gasteiger partial charge in [-0.2, -0.15) is 0 Å². The maximum atomic E-state index is 12.9. The van der Waals surface area contributed by atoms with Crippen molar-refractivity contribution >= 4 is 17.8 Å². The molecule has 1 aromatic heterocycles. The molecule has 4 rings (SSSR count). The van der Waals surface area contributed by atoms with Crippen LogP contribution in [0.5, 0.6) is 11.5 Å². The topological polar surface area (TPSA) is 140 Å². The molecule has 3 N–H and O–H groups in total. The Bertz CT molecular complexity index is 1560.